The molecule has 0 saturated carbocycles. The third-order valence-corrected chi connectivity index (χ3v) is 5.72. The summed E-state index contributed by atoms with van der Waals surface area (Å²) in [5.74, 6) is -4.30. The maximum atomic E-state index is 13.1. The molecule has 1 aliphatic heterocycles. The first kappa shape index (κ1) is 35.4. The van der Waals surface area contributed by atoms with E-state index in [9.17, 15) is 29.1 Å². The molecule has 5 atom stereocenters. The van der Waals surface area contributed by atoms with E-state index in [1.54, 1.807) is 0 Å². The van der Waals surface area contributed by atoms with Crippen LogP contribution in [0.2, 0.25) is 0 Å². The Hall–Kier alpha value is -3.83. The Kier molecular flexibility index (Phi) is 14.8. The molecule has 43 heavy (non-hydrogen) atoms. The molecule has 0 bridgehead atoms. The first-order valence-electron chi connectivity index (χ1n) is 13.3. The summed E-state index contributed by atoms with van der Waals surface area (Å²) in [7, 11) is 1.05. The summed E-state index contributed by atoms with van der Waals surface area (Å²) in [6.45, 7) is 4.47. The van der Waals surface area contributed by atoms with E-state index in [-0.39, 0.29) is 24.5 Å². The van der Waals surface area contributed by atoms with Gasteiger partial charge in [-0.15, -0.1) is 0 Å². The van der Waals surface area contributed by atoms with Gasteiger partial charge >= 0.3 is 23.9 Å². The molecule has 1 heterocycles. The van der Waals surface area contributed by atoms with E-state index < -0.39 is 67.1 Å². The topological polar surface area (TPSA) is 217 Å². The van der Waals surface area contributed by atoms with Crippen molar-refractivity contribution in [3.05, 3.63) is 29.3 Å². The highest BCUT2D eigenvalue weighted by Gasteiger charge is 2.56. The monoisotopic (exact) mass is 614 g/mol. The van der Waals surface area contributed by atoms with Crippen molar-refractivity contribution in [1.82, 2.24) is 5.32 Å². The number of carbonyl (C=O) groups excluding carboxylic acids is 5. The van der Waals surface area contributed by atoms with E-state index in [0.29, 0.717) is 31.9 Å². The van der Waals surface area contributed by atoms with Crippen LogP contribution in [-0.2, 0) is 58.9 Å². The lowest BCUT2D eigenvalue weighted by molar-refractivity contribution is -0.282. The molecule has 240 valence electrons. The summed E-state index contributed by atoms with van der Waals surface area (Å²) in [6, 6.07) is 4.17. The summed E-state index contributed by atoms with van der Waals surface area (Å²) in [6.07, 6.45) is -8.09. The van der Waals surface area contributed by atoms with E-state index in [4.69, 9.17) is 43.6 Å². The smallest absolute Gasteiger partial charge is 0.339 e. The summed E-state index contributed by atoms with van der Waals surface area (Å²) in [5, 5.41) is 12.3. The third-order valence-electron chi connectivity index (χ3n) is 5.72. The van der Waals surface area contributed by atoms with Crippen molar-refractivity contribution in [3.8, 4) is 5.75 Å². The normalized spacial score (nSPS) is 21.3. The number of esters is 4. The van der Waals surface area contributed by atoms with Gasteiger partial charge in [-0.1, -0.05) is 6.07 Å². The van der Waals surface area contributed by atoms with Gasteiger partial charge in [-0.3, -0.25) is 19.2 Å². The average Bonchev–Trinajstić information content (AvgIpc) is 2.96. The number of aliphatic hydroxyl groups is 1. The van der Waals surface area contributed by atoms with Gasteiger partial charge in [-0.25, -0.2) is 4.79 Å². The van der Waals surface area contributed by atoms with Crippen LogP contribution >= 0.6 is 0 Å². The number of rotatable bonds is 16. The summed E-state index contributed by atoms with van der Waals surface area (Å²) < 4.78 is 43.0. The molecule has 1 aromatic rings. The quantitative estimate of drug-likeness (QED) is 0.115. The van der Waals surface area contributed by atoms with Crippen LogP contribution in [0.5, 0.6) is 5.75 Å². The Labute approximate surface area is 247 Å². The molecule has 16 nitrogen and oxygen atoms in total. The highest BCUT2D eigenvalue weighted by Crippen LogP contribution is 2.32. The predicted octanol–water partition coefficient (Wildman–Crippen LogP) is -1.03. The van der Waals surface area contributed by atoms with Gasteiger partial charge in [0.2, 0.25) is 12.4 Å². The molecule has 2 rings (SSSR count). The predicted molar refractivity (Wildman–Crippen MR) is 143 cm³/mol. The van der Waals surface area contributed by atoms with Crippen LogP contribution < -0.4 is 15.8 Å². The molecule has 1 amide bonds. The number of carbonyl (C=O) groups is 5. The molecular formula is C27H38N2O14. The maximum absolute atomic E-state index is 13.1. The van der Waals surface area contributed by atoms with E-state index in [2.05, 4.69) is 5.32 Å². The minimum absolute atomic E-state index is 0.0521. The zero-order chi connectivity index (χ0) is 31.9. The average molecular weight is 615 g/mol. The second-order valence-electron chi connectivity index (χ2n) is 9.05. The highest BCUT2D eigenvalue weighted by atomic mass is 16.7. The Bertz CT molecular complexity index is 1110. The minimum atomic E-state index is -1.69. The van der Waals surface area contributed by atoms with Crippen molar-refractivity contribution in [1.29, 1.82) is 0 Å². The second-order valence-corrected chi connectivity index (χ2v) is 9.05. The molecule has 1 fully saturated rings. The second kappa shape index (κ2) is 18.0. The van der Waals surface area contributed by atoms with Gasteiger partial charge in [-0.2, -0.15) is 0 Å². The summed E-state index contributed by atoms with van der Waals surface area (Å²) in [4.78, 5) is 61.7. The molecule has 1 saturated heterocycles. The number of nitrogens with two attached hydrogens (primary N) is 1. The van der Waals surface area contributed by atoms with Crippen LogP contribution in [0.25, 0.3) is 0 Å². The first-order valence-corrected chi connectivity index (χ1v) is 13.3. The van der Waals surface area contributed by atoms with Crippen molar-refractivity contribution in [3.63, 3.8) is 0 Å². The molecule has 1 aliphatic rings. The standard InChI is InChI=1S/C27H38N2O14/c1-15(31)39-21-22(40-16(2)32)24(41-17(3)33)27(43-23(21)26(35)36-4)42-20-6-5-18(14-30)13-19(20)25(34)29-8-10-38-12-11-37-9-7-28/h5-6,13,21-24,27,30H,7-12,14,28H2,1-4H3,(H,29,34)/t21-,22-,23-,24+,27+/m0/s1. The van der Waals surface area contributed by atoms with Gasteiger partial charge in [0.25, 0.3) is 5.91 Å². The third kappa shape index (κ3) is 11.1. The van der Waals surface area contributed by atoms with Crippen LogP contribution in [-0.4, -0.2) is 112 Å². The lowest BCUT2D eigenvalue weighted by Crippen LogP contribution is -2.64. The SMILES string of the molecule is COC(=O)[C@H]1O[C@@H](Oc2ccc(CO)cc2C(=O)NCCOCCOCCN)[C@H](OC(C)=O)[C@@H](OC(C)=O)[C@@H]1OC(C)=O. The van der Waals surface area contributed by atoms with E-state index in [0.717, 1.165) is 27.9 Å². The number of benzene rings is 1. The van der Waals surface area contributed by atoms with Crippen LogP contribution in [0.4, 0.5) is 0 Å². The fourth-order valence-corrected chi connectivity index (χ4v) is 3.99. The Balaban J connectivity index is 2.37. The van der Waals surface area contributed by atoms with Crippen molar-refractivity contribution in [2.24, 2.45) is 5.73 Å². The number of hydrogen-bond donors (Lipinski definition) is 3. The molecule has 0 radical (unpaired) electrons. The van der Waals surface area contributed by atoms with Gasteiger partial charge in [0.05, 0.1) is 45.7 Å². The van der Waals surface area contributed by atoms with E-state index in [1.165, 1.54) is 18.2 Å². The minimum Gasteiger partial charge on any atom is -0.467 e. The molecule has 0 aromatic heterocycles. The van der Waals surface area contributed by atoms with Gasteiger partial charge < -0.3 is 54.1 Å². The fourth-order valence-electron chi connectivity index (χ4n) is 3.99. The molecule has 0 aliphatic carbocycles. The molecular weight excluding hydrogens is 576 g/mol. The molecule has 4 N–H and O–H groups in total. The highest BCUT2D eigenvalue weighted by molar-refractivity contribution is 5.97. The lowest BCUT2D eigenvalue weighted by atomic mass is 9.97. The molecule has 0 spiro atoms. The van der Waals surface area contributed by atoms with Crippen LogP contribution in [0.1, 0.15) is 36.7 Å². The van der Waals surface area contributed by atoms with Gasteiger partial charge in [0.15, 0.2) is 18.3 Å². The van der Waals surface area contributed by atoms with Crippen LogP contribution in [0.15, 0.2) is 18.2 Å². The molecule has 0 unspecified atom stereocenters. The van der Waals surface area contributed by atoms with Crippen molar-refractivity contribution in [2.45, 2.75) is 58.1 Å². The van der Waals surface area contributed by atoms with Crippen molar-refractivity contribution < 1.29 is 67.0 Å². The number of amides is 1. The molecule has 16 heteroatoms. The van der Waals surface area contributed by atoms with Gasteiger partial charge in [-0.05, 0) is 17.7 Å². The Morgan fingerprint density at radius 2 is 1.49 bits per heavy atom. The first-order chi connectivity index (χ1) is 20.5. The Morgan fingerprint density at radius 1 is 0.884 bits per heavy atom. The molecule has 1 aromatic carbocycles. The zero-order valence-corrected chi connectivity index (χ0v) is 24.4. The summed E-state index contributed by atoms with van der Waals surface area (Å²) in [5.41, 5.74) is 5.66. The number of ether oxygens (including phenoxy) is 8. The van der Waals surface area contributed by atoms with E-state index >= 15 is 0 Å². The van der Waals surface area contributed by atoms with Crippen molar-refractivity contribution in [2.75, 3.05) is 46.6 Å². The van der Waals surface area contributed by atoms with Crippen molar-refractivity contribution >= 4 is 29.8 Å². The largest absolute Gasteiger partial charge is 0.467 e. The maximum Gasteiger partial charge on any atom is 0.339 e. The Morgan fingerprint density at radius 3 is 2.07 bits per heavy atom. The number of nitrogens with one attached hydrogen (secondary N) is 1. The van der Waals surface area contributed by atoms with E-state index in [1.807, 2.05) is 0 Å². The lowest BCUT2D eigenvalue weighted by Gasteiger charge is -2.43. The van der Waals surface area contributed by atoms with Crippen LogP contribution in [0, 0.1) is 0 Å². The number of methoxy groups -OCH3 is 1. The fraction of sp³-hybridized carbons (Fsp3) is 0.593. The van der Waals surface area contributed by atoms with Gasteiger partial charge in [0, 0.05) is 33.9 Å². The zero-order valence-electron chi connectivity index (χ0n) is 24.4. The summed E-state index contributed by atoms with van der Waals surface area (Å²) >= 11 is 0. The number of aliphatic hydroxyl groups excluding tert-OH is 1. The van der Waals surface area contributed by atoms with Crippen LogP contribution in [0.3, 0.4) is 0 Å². The number of hydrogen-bond acceptors (Lipinski definition) is 15. The van der Waals surface area contributed by atoms with Gasteiger partial charge in [0.1, 0.15) is 5.75 Å².